The number of benzene rings is 3. The maximum atomic E-state index is 11.9. The van der Waals surface area contributed by atoms with Gasteiger partial charge in [-0.1, -0.05) is 6.07 Å². The molecule has 0 spiro atoms. The summed E-state index contributed by atoms with van der Waals surface area (Å²) in [6.45, 7) is 3.94. The highest BCUT2D eigenvalue weighted by Gasteiger charge is 2.05. The Kier molecular flexibility index (Phi) is 5.61. The number of carbonyl (C=O) groups excluding carboxylic acids is 1. The lowest BCUT2D eigenvalue weighted by Gasteiger charge is -2.10. The van der Waals surface area contributed by atoms with Crippen LogP contribution in [0.15, 0.2) is 66.7 Å². The van der Waals surface area contributed by atoms with Gasteiger partial charge in [0, 0.05) is 5.69 Å². The van der Waals surface area contributed by atoms with E-state index in [0.717, 1.165) is 16.9 Å². The molecule has 138 valence electrons. The topological polar surface area (TPSA) is 67.8 Å². The van der Waals surface area contributed by atoms with Gasteiger partial charge in [0.05, 0.1) is 0 Å². The summed E-state index contributed by atoms with van der Waals surface area (Å²) in [4.78, 5) is 11.9. The maximum Gasteiger partial charge on any atom is 0.262 e. The minimum atomic E-state index is -0.281. The predicted octanol–water partition coefficient (Wildman–Crippen LogP) is 4.82. The van der Waals surface area contributed by atoms with Crippen molar-refractivity contribution in [3.05, 3.63) is 77.9 Å². The quantitative estimate of drug-likeness (QED) is 0.616. The Balaban J connectivity index is 1.52. The van der Waals surface area contributed by atoms with Crippen LogP contribution in [0.2, 0.25) is 0 Å². The van der Waals surface area contributed by atoms with E-state index in [1.165, 1.54) is 12.1 Å². The van der Waals surface area contributed by atoms with E-state index >= 15 is 0 Å². The number of phenols is 1. The first-order valence-corrected chi connectivity index (χ1v) is 8.56. The standard InChI is InChI=1S/C22H21NO4/c1-15-11-16(2)13-21(12-15)27-20-9-7-19(8-10-20)26-14-22(25)23-17-3-5-18(24)6-4-17/h3-13,24H,14H2,1-2H3,(H,23,25). The number of nitrogens with one attached hydrogen (secondary N) is 1. The van der Waals surface area contributed by atoms with Crippen molar-refractivity contribution in [2.75, 3.05) is 11.9 Å². The van der Waals surface area contributed by atoms with E-state index < -0.39 is 0 Å². The van der Waals surface area contributed by atoms with Gasteiger partial charge in [0.15, 0.2) is 6.61 Å². The van der Waals surface area contributed by atoms with Gasteiger partial charge in [0.1, 0.15) is 23.0 Å². The zero-order valence-electron chi connectivity index (χ0n) is 15.2. The van der Waals surface area contributed by atoms with Crippen LogP contribution in [0.3, 0.4) is 0 Å². The number of phenolic OH excluding ortho intramolecular Hbond substituents is 1. The normalized spacial score (nSPS) is 10.3. The molecule has 0 fully saturated rings. The van der Waals surface area contributed by atoms with Crippen molar-refractivity contribution in [2.45, 2.75) is 13.8 Å². The number of hydrogen-bond donors (Lipinski definition) is 2. The van der Waals surface area contributed by atoms with Crippen LogP contribution >= 0.6 is 0 Å². The third-order valence-electron chi connectivity index (χ3n) is 3.78. The third kappa shape index (κ3) is 5.51. The number of hydrogen-bond acceptors (Lipinski definition) is 4. The average Bonchev–Trinajstić information content (AvgIpc) is 2.62. The van der Waals surface area contributed by atoms with Crippen molar-refractivity contribution < 1.29 is 19.4 Å². The summed E-state index contributed by atoms with van der Waals surface area (Å²) < 4.78 is 11.3. The summed E-state index contributed by atoms with van der Waals surface area (Å²) in [5.41, 5.74) is 2.88. The van der Waals surface area contributed by atoms with Gasteiger partial charge in [-0.3, -0.25) is 4.79 Å². The van der Waals surface area contributed by atoms with Crippen molar-refractivity contribution in [1.29, 1.82) is 0 Å². The number of carbonyl (C=O) groups is 1. The van der Waals surface area contributed by atoms with Crippen LogP contribution in [0.1, 0.15) is 11.1 Å². The van der Waals surface area contributed by atoms with E-state index in [1.807, 2.05) is 26.0 Å². The van der Waals surface area contributed by atoms with Gasteiger partial charge in [0.25, 0.3) is 5.91 Å². The average molecular weight is 363 g/mol. The number of rotatable bonds is 6. The van der Waals surface area contributed by atoms with Crippen LogP contribution in [0.4, 0.5) is 5.69 Å². The lowest BCUT2D eigenvalue weighted by Crippen LogP contribution is -2.20. The number of ether oxygens (including phenoxy) is 2. The van der Waals surface area contributed by atoms with Crippen molar-refractivity contribution >= 4 is 11.6 Å². The van der Waals surface area contributed by atoms with Gasteiger partial charge in [-0.25, -0.2) is 0 Å². The van der Waals surface area contributed by atoms with Gasteiger partial charge < -0.3 is 19.9 Å². The summed E-state index contributed by atoms with van der Waals surface area (Å²) in [5, 5.41) is 11.9. The molecular formula is C22H21NO4. The largest absolute Gasteiger partial charge is 0.508 e. The Hall–Kier alpha value is -3.47. The monoisotopic (exact) mass is 363 g/mol. The molecule has 3 aromatic rings. The molecule has 0 bridgehead atoms. The van der Waals surface area contributed by atoms with Crippen LogP contribution in [0.25, 0.3) is 0 Å². The van der Waals surface area contributed by atoms with Gasteiger partial charge >= 0.3 is 0 Å². The molecule has 5 heteroatoms. The second-order valence-corrected chi connectivity index (χ2v) is 6.28. The summed E-state index contributed by atoms with van der Waals surface area (Å²) in [6, 6.07) is 19.4. The Labute approximate surface area is 158 Å². The molecule has 0 aliphatic heterocycles. The molecule has 0 heterocycles. The van der Waals surface area contributed by atoms with Crippen molar-refractivity contribution in [3.63, 3.8) is 0 Å². The third-order valence-corrected chi connectivity index (χ3v) is 3.78. The molecule has 2 N–H and O–H groups in total. The molecule has 0 aliphatic rings. The fourth-order valence-corrected chi connectivity index (χ4v) is 2.62. The Morgan fingerprint density at radius 1 is 0.852 bits per heavy atom. The minimum Gasteiger partial charge on any atom is -0.508 e. The lowest BCUT2D eigenvalue weighted by molar-refractivity contribution is -0.118. The van der Waals surface area contributed by atoms with E-state index in [1.54, 1.807) is 36.4 Å². The molecule has 0 aliphatic carbocycles. The van der Waals surface area contributed by atoms with E-state index in [2.05, 4.69) is 11.4 Å². The molecule has 0 atom stereocenters. The Bertz CT molecular complexity index is 898. The number of aryl methyl sites for hydroxylation is 2. The Morgan fingerprint density at radius 3 is 2.07 bits per heavy atom. The van der Waals surface area contributed by atoms with Crippen LogP contribution in [0.5, 0.6) is 23.0 Å². The number of amides is 1. The molecule has 1 amide bonds. The van der Waals surface area contributed by atoms with Gasteiger partial charge in [0.2, 0.25) is 0 Å². The van der Waals surface area contributed by atoms with E-state index in [-0.39, 0.29) is 18.3 Å². The fourth-order valence-electron chi connectivity index (χ4n) is 2.62. The molecule has 0 saturated heterocycles. The highest BCUT2D eigenvalue weighted by molar-refractivity contribution is 5.91. The van der Waals surface area contributed by atoms with E-state index in [0.29, 0.717) is 17.2 Å². The van der Waals surface area contributed by atoms with E-state index in [4.69, 9.17) is 9.47 Å². The fraction of sp³-hybridized carbons (Fsp3) is 0.136. The first-order chi connectivity index (χ1) is 13.0. The number of anilines is 1. The van der Waals surface area contributed by atoms with Crippen LogP contribution < -0.4 is 14.8 Å². The summed E-state index contributed by atoms with van der Waals surface area (Å²) in [6.07, 6.45) is 0. The Morgan fingerprint density at radius 2 is 1.44 bits per heavy atom. The molecule has 3 aromatic carbocycles. The summed E-state index contributed by atoms with van der Waals surface area (Å²) in [7, 11) is 0. The number of aromatic hydroxyl groups is 1. The van der Waals surface area contributed by atoms with Gasteiger partial charge in [-0.2, -0.15) is 0 Å². The lowest BCUT2D eigenvalue weighted by atomic mass is 10.1. The van der Waals surface area contributed by atoms with Crippen molar-refractivity contribution in [2.24, 2.45) is 0 Å². The molecule has 0 saturated carbocycles. The highest BCUT2D eigenvalue weighted by atomic mass is 16.5. The van der Waals surface area contributed by atoms with Crippen LogP contribution in [-0.4, -0.2) is 17.6 Å². The van der Waals surface area contributed by atoms with Crippen LogP contribution in [-0.2, 0) is 4.79 Å². The van der Waals surface area contributed by atoms with Crippen LogP contribution in [0, 0.1) is 13.8 Å². The van der Waals surface area contributed by atoms with Crippen molar-refractivity contribution in [3.8, 4) is 23.0 Å². The summed E-state index contributed by atoms with van der Waals surface area (Å²) >= 11 is 0. The van der Waals surface area contributed by atoms with Gasteiger partial charge in [-0.05, 0) is 85.6 Å². The summed E-state index contributed by atoms with van der Waals surface area (Å²) in [5.74, 6) is 1.92. The molecule has 0 unspecified atom stereocenters. The SMILES string of the molecule is Cc1cc(C)cc(Oc2ccc(OCC(=O)Nc3ccc(O)cc3)cc2)c1. The maximum absolute atomic E-state index is 11.9. The second-order valence-electron chi connectivity index (χ2n) is 6.28. The van der Waals surface area contributed by atoms with Gasteiger partial charge in [-0.15, -0.1) is 0 Å². The van der Waals surface area contributed by atoms with E-state index in [9.17, 15) is 9.90 Å². The molecule has 5 nitrogen and oxygen atoms in total. The zero-order valence-corrected chi connectivity index (χ0v) is 15.2. The minimum absolute atomic E-state index is 0.113. The first kappa shape index (κ1) is 18.3. The smallest absolute Gasteiger partial charge is 0.262 e. The second kappa shape index (κ2) is 8.27. The molecule has 0 aromatic heterocycles. The molecule has 27 heavy (non-hydrogen) atoms. The first-order valence-electron chi connectivity index (χ1n) is 8.56. The highest BCUT2D eigenvalue weighted by Crippen LogP contribution is 2.25. The molecule has 0 radical (unpaired) electrons. The molecule has 3 rings (SSSR count). The predicted molar refractivity (Wildman–Crippen MR) is 105 cm³/mol. The zero-order chi connectivity index (χ0) is 19.2. The van der Waals surface area contributed by atoms with Crippen molar-refractivity contribution in [1.82, 2.24) is 0 Å². The molecular weight excluding hydrogens is 342 g/mol.